The number of rotatable bonds is 11. The van der Waals surface area contributed by atoms with Crippen molar-refractivity contribution in [1.29, 1.82) is 0 Å². The van der Waals surface area contributed by atoms with Gasteiger partial charge in [0.05, 0.1) is 23.2 Å². The molecular weight excluding hydrogens is 603 g/mol. The van der Waals surface area contributed by atoms with Gasteiger partial charge in [0.25, 0.3) is 11.8 Å². The summed E-state index contributed by atoms with van der Waals surface area (Å²) in [5, 5.41) is 8.88. The molecule has 0 radical (unpaired) electrons. The van der Waals surface area contributed by atoms with Crippen LogP contribution in [0.3, 0.4) is 0 Å². The van der Waals surface area contributed by atoms with Crippen LogP contribution in [-0.4, -0.2) is 60.1 Å². The number of nitrogens with one attached hydrogen (secondary N) is 3. The summed E-state index contributed by atoms with van der Waals surface area (Å²) >= 11 is 0. The number of aromatic nitrogens is 1. The van der Waals surface area contributed by atoms with E-state index in [0.29, 0.717) is 29.4 Å². The lowest BCUT2D eigenvalue weighted by Gasteiger charge is -2.64. The van der Waals surface area contributed by atoms with Crippen molar-refractivity contribution in [3.05, 3.63) is 89.7 Å². The summed E-state index contributed by atoms with van der Waals surface area (Å²) in [6.07, 6.45) is 5.83. The topological polar surface area (TPSA) is 119 Å². The Morgan fingerprint density at radius 3 is 2.33 bits per heavy atom. The number of carbonyl (C=O) groups excluding carboxylic acids is 3. The molecule has 252 valence electrons. The lowest BCUT2D eigenvalue weighted by molar-refractivity contribution is -0.199. The molecule has 1 aliphatic heterocycles. The zero-order valence-corrected chi connectivity index (χ0v) is 28.8. The summed E-state index contributed by atoms with van der Waals surface area (Å²) in [6.45, 7) is 12.8. The first-order valence-electron chi connectivity index (χ1n) is 17.1. The highest BCUT2D eigenvalue weighted by atomic mass is 16.7. The van der Waals surface area contributed by atoms with Crippen molar-refractivity contribution in [2.24, 2.45) is 23.2 Å². The van der Waals surface area contributed by atoms with Gasteiger partial charge >= 0.3 is 7.12 Å². The number of carbonyl (C=O) groups is 3. The molecule has 2 bridgehead atoms. The summed E-state index contributed by atoms with van der Waals surface area (Å²) in [5.74, 6) is -0.457. The lowest BCUT2D eigenvalue weighted by atomic mass is 9.43. The lowest BCUT2D eigenvalue weighted by Crippen LogP contribution is -2.65. The molecule has 3 amide bonds. The highest BCUT2D eigenvalue weighted by Crippen LogP contribution is 2.65. The van der Waals surface area contributed by atoms with Gasteiger partial charge in [0.2, 0.25) is 5.91 Å². The summed E-state index contributed by atoms with van der Waals surface area (Å²) < 4.78 is 13.3. The average molecular weight is 651 g/mol. The maximum atomic E-state index is 14.1. The minimum absolute atomic E-state index is 0.0282. The van der Waals surface area contributed by atoms with E-state index in [2.05, 4.69) is 55.6 Å². The Morgan fingerprint density at radius 2 is 1.65 bits per heavy atom. The van der Waals surface area contributed by atoms with Crippen LogP contribution in [0.4, 0.5) is 0 Å². The van der Waals surface area contributed by atoms with Gasteiger partial charge in [0.1, 0.15) is 6.04 Å². The number of hydrogen-bond donors (Lipinski definition) is 3. The van der Waals surface area contributed by atoms with Crippen molar-refractivity contribution in [3.63, 3.8) is 0 Å². The Balaban J connectivity index is 1.21. The van der Waals surface area contributed by atoms with Crippen molar-refractivity contribution in [3.8, 4) is 11.1 Å². The Hall–Kier alpha value is -4.02. The molecule has 4 fully saturated rings. The van der Waals surface area contributed by atoms with Gasteiger partial charge in [-0.3, -0.25) is 19.4 Å². The standard InChI is InChI=1S/C38H47BN4O5/c1-23(2)16-33(39-47-32-19-29-18-31(37(29,4)5)38(32,6)48-39)43-36(46)30(22-41-34(44)26-14-12-24(3)13-15-26)42-35(45)28-17-27(20-40-21-28)25-10-8-7-9-11-25/h7-15,17,20-21,23,29-33H,16,18-19,22H2,1-6H3,(H,41,44)(H,42,45)(H,43,46)/t29-,30+,31-,32-,33+,38+/m1/s1. The van der Waals surface area contributed by atoms with E-state index in [4.69, 9.17) is 9.31 Å². The fourth-order valence-corrected chi connectivity index (χ4v) is 7.91. The van der Waals surface area contributed by atoms with Crippen LogP contribution in [-0.2, 0) is 14.1 Å². The average Bonchev–Trinajstić information content (AvgIpc) is 3.44. The smallest absolute Gasteiger partial charge is 0.404 e. The predicted molar refractivity (Wildman–Crippen MR) is 186 cm³/mol. The van der Waals surface area contributed by atoms with Gasteiger partial charge in [-0.1, -0.05) is 75.7 Å². The van der Waals surface area contributed by atoms with E-state index in [-0.39, 0.29) is 29.9 Å². The van der Waals surface area contributed by atoms with Gasteiger partial charge in [-0.05, 0) is 80.0 Å². The van der Waals surface area contributed by atoms with Gasteiger partial charge in [0, 0.05) is 30.1 Å². The van der Waals surface area contributed by atoms with E-state index in [1.54, 1.807) is 24.4 Å². The fraction of sp³-hybridized carbons (Fsp3) is 0.474. The molecule has 3 aliphatic carbocycles. The molecule has 3 N–H and O–H groups in total. The third kappa shape index (κ3) is 6.78. The molecule has 2 aromatic carbocycles. The SMILES string of the molecule is Cc1ccc(C(=O)NC[C@H](NC(=O)c2cncc(-c3ccccc3)c2)C(=O)N[C@@H](CC(C)C)B2O[C@@H]3C[C@H]4C[C@H](C4(C)C)[C@]3(C)O2)cc1. The summed E-state index contributed by atoms with van der Waals surface area (Å²) in [7, 11) is -0.619. The second-order valence-corrected chi connectivity index (χ2v) is 15.0. The third-order valence-corrected chi connectivity index (χ3v) is 10.9. The summed E-state index contributed by atoms with van der Waals surface area (Å²) in [5.41, 5.74) is 3.27. The molecule has 48 heavy (non-hydrogen) atoms. The Bertz CT molecular complexity index is 1650. The number of hydrogen-bond acceptors (Lipinski definition) is 6. The molecule has 7 rings (SSSR count). The Morgan fingerprint density at radius 1 is 0.917 bits per heavy atom. The number of benzene rings is 2. The zero-order chi connectivity index (χ0) is 34.2. The van der Waals surface area contributed by atoms with E-state index >= 15 is 0 Å². The first-order chi connectivity index (χ1) is 22.8. The minimum Gasteiger partial charge on any atom is -0.404 e. The Labute approximate surface area is 284 Å². The van der Waals surface area contributed by atoms with Crippen LogP contribution < -0.4 is 16.0 Å². The predicted octanol–water partition coefficient (Wildman–Crippen LogP) is 5.38. The van der Waals surface area contributed by atoms with Crippen molar-refractivity contribution < 1.29 is 23.7 Å². The van der Waals surface area contributed by atoms with Crippen molar-refractivity contribution in [1.82, 2.24) is 20.9 Å². The second-order valence-electron chi connectivity index (χ2n) is 15.0. The number of nitrogens with zero attached hydrogens (tertiary/aromatic N) is 1. The monoisotopic (exact) mass is 650 g/mol. The van der Waals surface area contributed by atoms with E-state index in [1.807, 2.05) is 49.4 Å². The van der Waals surface area contributed by atoms with E-state index in [9.17, 15) is 14.4 Å². The molecule has 1 saturated heterocycles. The molecule has 9 nitrogen and oxygen atoms in total. The molecule has 2 heterocycles. The van der Waals surface area contributed by atoms with E-state index in [1.165, 1.54) is 6.20 Å². The largest absolute Gasteiger partial charge is 0.481 e. The molecule has 10 heteroatoms. The van der Waals surface area contributed by atoms with Crippen LogP contribution in [0.1, 0.15) is 80.2 Å². The van der Waals surface area contributed by atoms with Gasteiger partial charge in [0.15, 0.2) is 0 Å². The maximum Gasteiger partial charge on any atom is 0.481 e. The van der Waals surface area contributed by atoms with Gasteiger partial charge in [-0.2, -0.15) is 0 Å². The van der Waals surface area contributed by atoms with Gasteiger partial charge in [-0.25, -0.2) is 0 Å². The number of amides is 3. The van der Waals surface area contributed by atoms with Crippen LogP contribution >= 0.6 is 0 Å². The van der Waals surface area contributed by atoms with Crippen LogP contribution in [0.2, 0.25) is 0 Å². The van der Waals surface area contributed by atoms with Crippen molar-refractivity contribution in [2.45, 2.75) is 84.5 Å². The van der Waals surface area contributed by atoms with E-state index in [0.717, 1.165) is 29.5 Å². The first-order valence-corrected chi connectivity index (χ1v) is 17.1. The van der Waals surface area contributed by atoms with Crippen LogP contribution in [0.5, 0.6) is 0 Å². The highest BCUT2D eigenvalue weighted by Gasteiger charge is 2.68. The zero-order valence-electron chi connectivity index (χ0n) is 28.8. The maximum absolute atomic E-state index is 14.1. The molecule has 1 aromatic heterocycles. The summed E-state index contributed by atoms with van der Waals surface area (Å²) in [6, 6.07) is 17.5. The normalized spacial score (nSPS) is 25.0. The third-order valence-electron chi connectivity index (χ3n) is 10.9. The second kappa shape index (κ2) is 13.5. The van der Waals surface area contributed by atoms with Crippen molar-refractivity contribution in [2.75, 3.05) is 6.54 Å². The van der Waals surface area contributed by atoms with Crippen LogP contribution in [0.25, 0.3) is 11.1 Å². The molecule has 3 saturated carbocycles. The first kappa shape index (κ1) is 33.9. The number of pyridine rings is 1. The van der Waals surface area contributed by atoms with Gasteiger partial charge in [-0.15, -0.1) is 0 Å². The minimum atomic E-state index is -1.08. The molecule has 0 spiro atoms. The van der Waals surface area contributed by atoms with Gasteiger partial charge < -0.3 is 25.3 Å². The molecule has 3 aromatic rings. The molecule has 4 aliphatic rings. The molecular formula is C38H47BN4O5. The van der Waals surface area contributed by atoms with Crippen LogP contribution in [0, 0.1) is 30.1 Å². The Kier molecular flexibility index (Phi) is 9.51. The van der Waals surface area contributed by atoms with Crippen molar-refractivity contribution >= 4 is 24.8 Å². The quantitative estimate of drug-likeness (QED) is 0.240. The fourth-order valence-electron chi connectivity index (χ4n) is 7.91. The summed E-state index contributed by atoms with van der Waals surface area (Å²) in [4.78, 5) is 45.1. The highest BCUT2D eigenvalue weighted by molar-refractivity contribution is 6.48. The molecule has 0 unspecified atom stereocenters. The van der Waals surface area contributed by atoms with E-state index < -0.39 is 36.5 Å². The number of aryl methyl sites for hydroxylation is 1. The molecule has 6 atom stereocenters. The van der Waals surface area contributed by atoms with Crippen LogP contribution in [0.15, 0.2) is 73.1 Å².